The Kier molecular flexibility index (Phi) is 12.4. The van der Waals surface area contributed by atoms with Gasteiger partial charge in [0.25, 0.3) is 6.71 Å². The summed E-state index contributed by atoms with van der Waals surface area (Å²) in [6.45, 7) is 6.39. The molecule has 20 aromatic carbocycles. The molecule has 2 aliphatic rings. The van der Waals surface area contributed by atoms with E-state index in [1.807, 2.05) is 6.07 Å². The van der Waals surface area contributed by atoms with Crippen molar-refractivity contribution < 1.29 is 11.0 Å². The first kappa shape index (κ1) is 63.9. The second kappa shape index (κ2) is 25.5. The number of fused-ring (bicyclic) bond motifs is 31. The lowest BCUT2D eigenvalue weighted by Gasteiger charge is -2.46. The lowest BCUT2D eigenvalue weighted by Crippen LogP contribution is -2.61. The van der Waals surface area contributed by atoms with Gasteiger partial charge in [0, 0.05) is 148 Å². The Morgan fingerprint density at radius 1 is 0.227 bits per heavy atom. The van der Waals surface area contributed by atoms with Crippen LogP contribution in [0.25, 0.3) is 236 Å². The van der Waals surface area contributed by atoms with E-state index in [2.05, 4.69) is 400 Å². The first-order valence-electron chi connectivity index (χ1n) is 49.6. The van der Waals surface area contributed by atoms with Crippen LogP contribution in [0, 0.1) is 0 Å². The summed E-state index contributed by atoms with van der Waals surface area (Å²) in [4.78, 5) is 5.21. The maximum atomic E-state index is 10.2. The Morgan fingerprint density at radius 3 is 0.886 bits per heavy atom. The topological polar surface area (TPSA) is 29.1 Å². The van der Waals surface area contributed by atoms with Crippen LogP contribution in [0.15, 0.2) is 406 Å². The monoisotopic (exact) mass is 1680 g/mol. The van der Waals surface area contributed by atoms with Crippen LogP contribution in [-0.2, 0) is 5.41 Å². The van der Waals surface area contributed by atoms with E-state index in [1.54, 1.807) is 4.57 Å². The molecule has 610 valence electrons. The fourth-order valence-electron chi connectivity index (χ4n) is 24.4. The van der Waals surface area contributed by atoms with Crippen molar-refractivity contribution in [1.82, 2.24) is 22.2 Å². The molecule has 0 amide bonds. The summed E-state index contributed by atoms with van der Waals surface area (Å²) in [6.07, 6.45) is 0. The Morgan fingerprint density at radius 2 is 0.545 bits per heavy atom. The van der Waals surface area contributed by atoms with Gasteiger partial charge in [0.2, 0.25) is 0 Å². The Labute approximate surface area is 768 Å². The van der Waals surface area contributed by atoms with E-state index in [0.717, 1.165) is 232 Å². The van der Waals surface area contributed by atoms with Crippen LogP contribution in [0.3, 0.4) is 0 Å². The van der Waals surface area contributed by atoms with Crippen LogP contribution in [0.2, 0.25) is 0 Å². The van der Waals surface area contributed by atoms with Gasteiger partial charge in [-0.2, -0.15) is 0 Å². The molecular weight excluding hydrogens is 1600 g/mol. The smallest absolute Gasteiger partial charge is 0.252 e. The molecule has 0 radical (unpaired) electrons. The highest BCUT2D eigenvalue weighted by molar-refractivity contribution is 7.00. The third-order valence-electron chi connectivity index (χ3n) is 29.9. The van der Waals surface area contributed by atoms with E-state index in [1.165, 1.54) is 32.6 Å². The zero-order valence-corrected chi connectivity index (χ0v) is 71.8. The van der Waals surface area contributed by atoms with Crippen LogP contribution in [0.4, 0.5) is 34.1 Å². The van der Waals surface area contributed by atoms with E-state index < -0.39 is 48.4 Å². The van der Waals surface area contributed by atoms with Crippen LogP contribution in [-0.4, -0.2) is 28.9 Å². The Balaban J connectivity index is 0.781. The summed E-state index contributed by atoms with van der Waals surface area (Å²) < 4.78 is 89.7. The lowest BCUT2D eigenvalue weighted by molar-refractivity contribution is 0.590. The summed E-state index contributed by atoms with van der Waals surface area (Å²) in [5, 5.41) is 18.2. The summed E-state index contributed by atoms with van der Waals surface area (Å²) in [7, 11) is 0. The molecule has 31 rings (SSSR count). The maximum Gasteiger partial charge on any atom is 0.252 e. The van der Waals surface area contributed by atoms with Crippen molar-refractivity contribution in [3.05, 3.63) is 412 Å². The van der Waals surface area contributed by atoms with Gasteiger partial charge >= 0.3 is 0 Å². The molecule has 0 saturated carbocycles. The lowest BCUT2D eigenvalue weighted by atomic mass is 9.33. The summed E-state index contributed by atoms with van der Waals surface area (Å²) in [6, 6.07) is 130. The van der Waals surface area contributed by atoms with Crippen molar-refractivity contribution >= 4 is 231 Å². The van der Waals surface area contributed by atoms with Crippen LogP contribution >= 0.6 is 0 Å². The molecule has 8 heteroatoms. The predicted molar refractivity (Wildman–Crippen MR) is 559 cm³/mol. The molecule has 9 aromatic heterocycles. The largest absolute Gasteiger partial charge is 0.310 e. The minimum atomic E-state index is -0.595. The summed E-state index contributed by atoms with van der Waals surface area (Å²) in [5.41, 5.74) is 33.0. The number of rotatable bonds is 8. The van der Waals surface area contributed by atoms with Gasteiger partial charge in [-0.3, -0.25) is 0 Å². The Bertz CT molecular complexity index is 9880. The van der Waals surface area contributed by atoms with Crippen molar-refractivity contribution in [3.8, 4) is 61.3 Å². The average molecular weight is 1680 g/mol. The highest BCUT2D eigenvalue weighted by Gasteiger charge is 2.47. The molecule has 0 spiro atoms. The van der Waals surface area contributed by atoms with Crippen LogP contribution in [0.1, 0.15) is 37.3 Å². The minimum Gasteiger partial charge on any atom is -0.310 e. The van der Waals surface area contributed by atoms with Crippen molar-refractivity contribution in [3.63, 3.8) is 0 Å². The van der Waals surface area contributed by atoms with Gasteiger partial charge in [-0.05, 0) is 200 Å². The molecule has 11 heterocycles. The van der Waals surface area contributed by atoms with Crippen molar-refractivity contribution in [2.24, 2.45) is 0 Å². The van der Waals surface area contributed by atoms with Crippen LogP contribution < -0.4 is 26.2 Å². The first-order chi connectivity index (χ1) is 68.5. The third-order valence-corrected chi connectivity index (χ3v) is 29.9. The Hall–Kier alpha value is -16.9. The second-order valence-electron chi connectivity index (χ2n) is 37.5. The van der Waals surface area contributed by atoms with Gasteiger partial charge in [0.1, 0.15) is 0 Å². The number of nitrogens with zero attached hydrogens (tertiary/aromatic N) is 7. The van der Waals surface area contributed by atoms with Crippen molar-refractivity contribution in [2.75, 3.05) is 9.80 Å². The minimum absolute atomic E-state index is 0.00162. The molecule has 2 aliphatic heterocycles. The van der Waals surface area contributed by atoms with E-state index in [9.17, 15) is 11.0 Å². The molecule has 0 atom stereocenters. The molecule has 7 nitrogen and oxygen atoms in total. The predicted octanol–water partition coefficient (Wildman–Crippen LogP) is 31.1. The van der Waals surface area contributed by atoms with E-state index in [4.69, 9.17) is 0 Å². The fourth-order valence-corrected chi connectivity index (χ4v) is 24.4. The zero-order chi connectivity index (χ0) is 93.1. The van der Waals surface area contributed by atoms with Gasteiger partial charge < -0.3 is 32.0 Å². The van der Waals surface area contributed by atoms with Gasteiger partial charge in [-0.15, -0.1) is 0 Å². The SMILES string of the molecule is [2H]c1c([2H])c([2H])c2c(c1[2H])c1c([2H])c([2H])c([2H])c([2H])c1n2-c1ccc2c(c1)N(c1c(-c3cc4c5ccccc5n5c6ccccc6c(c3)c45)cccc1-c1cc3c4ccccc4n4c5ccccc5c(c1)c34)c1cc(C(C)(C)C)cc3c1B2c1cc(-c2ccccc2)ccc1N3c1c(-c2cc3c4ccccc4n4c5ccccc5c(c2)c34)cccc1-c1cc2c3ccccc3n3c4ccccc4c(c1)c23. The molecule has 132 heavy (non-hydrogen) atoms. The summed E-state index contributed by atoms with van der Waals surface area (Å²) in [5.74, 6) is 0. The first-order valence-corrected chi connectivity index (χ1v) is 45.6. The number of hydrogen-bond donors (Lipinski definition) is 0. The van der Waals surface area contributed by atoms with Gasteiger partial charge in [0.15, 0.2) is 0 Å². The molecule has 0 aliphatic carbocycles. The molecule has 29 aromatic rings. The molecule has 0 fully saturated rings. The molecule has 0 bridgehead atoms. The number of anilines is 6. The fraction of sp³-hybridized carbons (Fsp3) is 0.0323. The molecule has 0 N–H and O–H groups in total. The number of benzene rings is 20. The van der Waals surface area contributed by atoms with Crippen molar-refractivity contribution in [1.29, 1.82) is 0 Å². The van der Waals surface area contributed by atoms with Gasteiger partial charge in [-0.25, -0.2) is 0 Å². The normalized spacial score (nSPS) is 14.1. The van der Waals surface area contributed by atoms with Gasteiger partial charge in [0.05, 0.1) is 99.6 Å². The third kappa shape index (κ3) is 9.19. The zero-order valence-electron chi connectivity index (χ0n) is 79.8. The highest BCUT2D eigenvalue weighted by Crippen LogP contribution is 2.58. The maximum absolute atomic E-state index is 10.2. The summed E-state index contributed by atoms with van der Waals surface area (Å²) >= 11 is 0. The quantitative estimate of drug-likeness (QED) is 0.142. The van der Waals surface area contributed by atoms with E-state index in [-0.39, 0.29) is 33.9 Å². The molecule has 0 unspecified atom stereocenters. The second-order valence-corrected chi connectivity index (χ2v) is 37.5. The average Bonchev–Trinajstić information content (AvgIpc) is 0.930. The molecule has 0 saturated heterocycles. The van der Waals surface area contributed by atoms with E-state index >= 15 is 0 Å². The number of para-hydroxylation sites is 12. The molecular formula is C124H76BN7. The van der Waals surface area contributed by atoms with Crippen LogP contribution in [0.5, 0.6) is 0 Å². The number of aromatic nitrogens is 5. The standard InChI is InChI=1S/C124H76BN7/c1-124(2,3)77-68-115-117-116(69-77)132(119-81(75-63-97-89-37-13-23-51-109(89)129-110-52-24-14-38-90(110)98(64-75)122(97)129)43-28-44-82(119)76-65-99-91-39-15-25-53-111(91)130-112-54-26-16-40-92(112)100(66-76)123(99)130)114-70-78(126-103-45-17-7-31-83(103)84-32-8-18-46-104(84)126)56-57-101(114)125(117)102-67-72(71-29-5-4-6-30-71)55-58-113(102)131(115)118-79(73-59-93-85-33-9-19-47-105(85)127-106-48-20-10-34-86(106)94(60-73)120(93)127)41-27-42-80(118)74-61-95-87-35-11-21-49-107(87)128-108-50-22-12-36-88(108)96(62-74)121(95)128/h4-70H,1-3H3/i7D,8D,17D,18D,31D,32D,45D,46D. The number of hydrogen-bond acceptors (Lipinski definition) is 2. The van der Waals surface area contributed by atoms with Crippen molar-refractivity contribution in [2.45, 2.75) is 26.2 Å². The van der Waals surface area contributed by atoms with Gasteiger partial charge in [-0.1, -0.05) is 288 Å². The highest BCUT2D eigenvalue weighted by atomic mass is 15.2. The van der Waals surface area contributed by atoms with E-state index in [0.29, 0.717) is 5.69 Å².